The summed E-state index contributed by atoms with van der Waals surface area (Å²) in [5.74, 6) is -0.0473. The summed E-state index contributed by atoms with van der Waals surface area (Å²) in [7, 11) is 0. The Morgan fingerprint density at radius 1 is 1.06 bits per heavy atom. The Bertz CT molecular complexity index is 1260. The van der Waals surface area contributed by atoms with Crippen molar-refractivity contribution in [3.05, 3.63) is 77.2 Å². The van der Waals surface area contributed by atoms with Crippen molar-refractivity contribution in [3.8, 4) is 11.5 Å². The van der Waals surface area contributed by atoms with Crippen LogP contribution in [0.2, 0.25) is 0 Å². The van der Waals surface area contributed by atoms with Crippen LogP contribution in [0.25, 0.3) is 0 Å². The number of hydrogen-bond acceptors (Lipinski definition) is 4. The van der Waals surface area contributed by atoms with Crippen molar-refractivity contribution < 1.29 is 31.9 Å². The summed E-state index contributed by atoms with van der Waals surface area (Å²) in [6.07, 6.45) is -4.21. The fraction of sp³-hybridized carbons (Fsp3) is 0.346. The number of amides is 1. The second-order valence-electron chi connectivity index (χ2n) is 9.21. The van der Waals surface area contributed by atoms with E-state index in [9.17, 15) is 18.0 Å². The first-order chi connectivity index (χ1) is 16.0. The van der Waals surface area contributed by atoms with Crippen molar-refractivity contribution in [2.75, 3.05) is 11.5 Å². The second-order valence-corrected chi connectivity index (χ2v) is 9.21. The summed E-state index contributed by atoms with van der Waals surface area (Å²) in [6.45, 7) is 6.11. The molecule has 3 aromatic rings. The normalized spacial score (nSPS) is 20.8. The molecule has 0 saturated carbocycles. The van der Waals surface area contributed by atoms with Gasteiger partial charge in [-0.15, -0.1) is 0 Å². The lowest BCUT2D eigenvalue weighted by Crippen LogP contribution is -2.50. The minimum atomic E-state index is -4.59. The van der Waals surface area contributed by atoms with Gasteiger partial charge in [-0.2, -0.15) is 13.2 Å². The van der Waals surface area contributed by atoms with Gasteiger partial charge >= 0.3 is 6.18 Å². The molecule has 0 aliphatic carbocycles. The van der Waals surface area contributed by atoms with E-state index in [1.807, 2.05) is 57.2 Å². The Kier molecular flexibility index (Phi) is 4.97. The number of halogens is 3. The summed E-state index contributed by atoms with van der Waals surface area (Å²) < 4.78 is 56.1. The summed E-state index contributed by atoms with van der Waals surface area (Å²) in [5.41, 5.74) is 0.438. The van der Waals surface area contributed by atoms with E-state index in [4.69, 9.17) is 13.9 Å². The van der Waals surface area contributed by atoms with Crippen molar-refractivity contribution in [1.82, 2.24) is 0 Å². The van der Waals surface area contributed by atoms with Gasteiger partial charge in [0.15, 0.2) is 0 Å². The fourth-order valence-electron chi connectivity index (χ4n) is 5.15. The maximum atomic E-state index is 14.2. The number of fused-ring (bicyclic) bond motifs is 4. The molecule has 2 aromatic carbocycles. The Hall–Kier alpha value is -3.42. The summed E-state index contributed by atoms with van der Waals surface area (Å²) in [5, 5.41) is 0. The lowest BCUT2D eigenvalue weighted by atomic mass is 9.67. The molecular formula is C26H24F3NO4. The van der Waals surface area contributed by atoms with Gasteiger partial charge in [0, 0.05) is 23.7 Å². The number of carbonyl (C=O) groups is 1. The molecule has 1 spiro atoms. The van der Waals surface area contributed by atoms with E-state index >= 15 is 0 Å². The standard InChI is InChI=1S/C26H24F3NO4/c1-4-32-16-9-11-19-21(13-16)34-24(2,3)15-25(19)18-7-5-6-8-20(18)30(23(25)31)14-17-10-12-22(33-17)26(27,28)29/h5-13H,4,14-15H2,1-3H3/t25-/m1/s1. The summed E-state index contributed by atoms with van der Waals surface area (Å²) in [4.78, 5) is 15.7. The predicted octanol–water partition coefficient (Wildman–Crippen LogP) is 6.09. The Balaban J connectivity index is 1.63. The number of anilines is 1. The van der Waals surface area contributed by atoms with Gasteiger partial charge in [0.25, 0.3) is 0 Å². The van der Waals surface area contributed by atoms with E-state index < -0.39 is 23.0 Å². The number of furan rings is 1. The van der Waals surface area contributed by atoms with E-state index in [1.165, 1.54) is 11.0 Å². The highest BCUT2D eigenvalue weighted by Gasteiger charge is 2.58. The number of carbonyl (C=O) groups excluding carboxylic acids is 1. The average molecular weight is 471 g/mol. The molecule has 0 fully saturated rings. The molecule has 1 amide bonds. The molecule has 8 heteroatoms. The minimum Gasteiger partial charge on any atom is -0.494 e. The third-order valence-corrected chi connectivity index (χ3v) is 6.32. The SMILES string of the molecule is CCOc1ccc2c(c1)OC(C)(C)C[C@]21C(=O)N(Cc2ccc(C(F)(F)F)o2)c2ccccc21. The summed E-state index contributed by atoms with van der Waals surface area (Å²) >= 11 is 0. The molecular weight excluding hydrogens is 447 g/mol. The van der Waals surface area contributed by atoms with Crippen LogP contribution in [0, 0.1) is 0 Å². The van der Waals surface area contributed by atoms with Crippen molar-refractivity contribution in [3.63, 3.8) is 0 Å². The first-order valence-electron chi connectivity index (χ1n) is 11.1. The number of alkyl halides is 3. The zero-order valence-electron chi connectivity index (χ0n) is 19.0. The number of benzene rings is 2. The van der Waals surface area contributed by atoms with Gasteiger partial charge in [-0.25, -0.2) is 0 Å². The van der Waals surface area contributed by atoms with E-state index in [1.54, 1.807) is 6.07 Å². The van der Waals surface area contributed by atoms with Crippen LogP contribution < -0.4 is 14.4 Å². The minimum absolute atomic E-state index is 0.0609. The lowest BCUT2D eigenvalue weighted by Gasteiger charge is -2.43. The first-order valence-corrected chi connectivity index (χ1v) is 11.1. The Morgan fingerprint density at radius 3 is 2.53 bits per heavy atom. The van der Waals surface area contributed by atoms with Crippen molar-refractivity contribution >= 4 is 11.6 Å². The largest absolute Gasteiger partial charge is 0.494 e. The molecule has 0 saturated heterocycles. The first kappa shape index (κ1) is 22.4. The highest BCUT2D eigenvalue weighted by Crippen LogP contribution is 2.56. The zero-order chi connectivity index (χ0) is 24.3. The molecule has 34 heavy (non-hydrogen) atoms. The average Bonchev–Trinajstić information content (AvgIpc) is 3.32. The maximum Gasteiger partial charge on any atom is 0.449 e. The molecule has 2 aliphatic rings. The van der Waals surface area contributed by atoms with Crippen LogP contribution in [0.5, 0.6) is 11.5 Å². The van der Waals surface area contributed by atoms with E-state index in [-0.39, 0.29) is 18.2 Å². The van der Waals surface area contributed by atoms with Gasteiger partial charge in [-0.05, 0) is 50.6 Å². The molecule has 1 atom stereocenters. The van der Waals surface area contributed by atoms with Gasteiger partial charge < -0.3 is 18.8 Å². The van der Waals surface area contributed by atoms with Crippen LogP contribution >= 0.6 is 0 Å². The van der Waals surface area contributed by atoms with Gasteiger partial charge in [0.1, 0.15) is 28.3 Å². The van der Waals surface area contributed by atoms with E-state index in [0.717, 1.165) is 11.6 Å². The molecule has 0 unspecified atom stereocenters. The van der Waals surface area contributed by atoms with Gasteiger partial charge in [-0.3, -0.25) is 4.79 Å². The number of rotatable bonds is 4. The van der Waals surface area contributed by atoms with Gasteiger partial charge in [0.05, 0.1) is 13.2 Å². The molecule has 0 radical (unpaired) electrons. The van der Waals surface area contributed by atoms with Crippen LogP contribution in [-0.2, 0) is 22.9 Å². The third kappa shape index (κ3) is 3.43. The number of ether oxygens (including phenoxy) is 2. The van der Waals surface area contributed by atoms with Crippen molar-refractivity contribution in [1.29, 1.82) is 0 Å². The van der Waals surface area contributed by atoms with Crippen LogP contribution in [0.15, 0.2) is 59.0 Å². The fourth-order valence-corrected chi connectivity index (χ4v) is 5.15. The van der Waals surface area contributed by atoms with Crippen LogP contribution in [0.1, 0.15) is 49.8 Å². The Labute approximate surface area is 195 Å². The van der Waals surface area contributed by atoms with Crippen molar-refractivity contribution in [2.45, 2.75) is 50.9 Å². The highest BCUT2D eigenvalue weighted by atomic mass is 19.4. The predicted molar refractivity (Wildman–Crippen MR) is 119 cm³/mol. The highest BCUT2D eigenvalue weighted by molar-refractivity contribution is 6.11. The molecule has 0 bridgehead atoms. The van der Waals surface area contributed by atoms with Gasteiger partial charge in [-0.1, -0.05) is 24.3 Å². The number of hydrogen-bond donors (Lipinski definition) is 0. The van der Waals surface area contributed by atoms with Crippen LogP contribution in [0.3, 0.4) is 0 Å². The molecule has 178 valence electrons. The monoisotopic (exact) mass is 471 g/mol. The number of nitrogens with zero attached hydrogens (tertiary/aromatic N) is 1. The van der Waals surface area contributed by atoms with E-state index in [2.05, 4.69) is 0 Å². The van der Waals surface area contributed by atoms with Gasteiger partial charge in [0.2, 0.25) is 11.7 Å². The Morgan fingerprint density at radius 2 is 1.82 bits per heavy atom. The zero-order valence-corrected chi connectivity index (χ0v) is 19.0. The quantitative estimate of drug-likeness (QED) is 0.462. The van der Waals surface area contributed by atoms with Crippen LogP contribution in [-0.4, -0.2) is 18.1 Å². The molecule has 2 aliphatic heterocycles. The number of para-hydroxylation sites is 1. The summed E-state index contributed by atoms with van der Waals surface area (Å²) in [6, 6.07) is 15.0. The van der Waals surface area contributed by atoms with E-state index in [0.29, 0.717) is 35.8 Å². The molecule has 5 rings (SSSR count). The van der Waals surface area contributed by atoms with Crippen molar-refractivity contribution in [2.24, 2.45) is 0 Å². The van der Waals surface area contributed by atoms with Crippen LogP contribution in [0.4, 0.5) is 18.9 Å². The molecule has 1 aromatic heterocycles. The second kappa shape index (κ2) is 7.55. The lowest BCUT2D eigenvalue weighted by molar-refractivity contribution is -0.153. The maximum absolute atomic E-state index is 14.2. The molecule has 5 nitrogen and oxygen atoms in total. The topological polar surface area (TPSA) is 51.9 Å². The smallest absolute Gasteiger partial charge is 0.449 e. The third-order valence-electron chi connectivity index (χ3n) is 6.32. The molecule has 3 heterocycles. The molecule has 0 N–H and O–H groups in total.